The molecule has 1 atom stereocenters. The van der Waals surface area contributed by atoms with Gasteiger partial charge in [-0.1, -0.05) is 24.3 Å². The molecule has 2 heterocycles. The molecule has 1 unspecified atom stereocenters. The molecule has 2 aromatic carbocycles. The maximum absolute atomic E-state index is 14.3. The van der Waals surface area contributed by atoms with Crippen molar-refractivity contribution in [1.29, 1.82) is 0 Å². The topological polar surface area (TPSA) is 69.0 Å². The van der Waals surface area contributed by atoms with Gasteiger partial charge in [0.1, 0.15) is 17.6 Å². The Morgan fingerprint density at radius 3 is 2.73 bits per heavy atom. The van der Waals surface area contributed by atoms with Crippen molar-refractivity contribution in [2.75, 3.05) is 11.9 Å². The molecule has 5 rings (SSSR count). The monoisotopic (exact) mass is 404 g/mol. The molecule has 6 nitrogen and oxygen atoms in total. The molecule has 152 valence electrons. The maximum atomic E-state index is 14.3. The van der Waals surface area contributed by atoms with Gasteiger partial charge in [-0.3, -0.25) is 4.79 Å². The summed E-state index contributed by atoms with van der Waals surface area (Å²) in [5.41, 5.74) is 2.83. The zero-order valence-electron chi connectivity index (χ0n) is 16.6. The minimum absolute atomic E-state index is 0.108. The van der Waals surface area contributed by atoms with Crippen molar-refractivity contribution in [3.63, 3.8) is 0 Å². The lowest BCUT2D eigenvalue weighted by atomic mass is 9.85. The van der Waals surface area contributed by atoms with Crippen LogP contribution >= 0.6 is 0 Å². The Hall–Kier alpha value is -3.48. The van der Waals surface area contributed by atoms with E-state index in [4.69, 9.17) is 4.74 Å². The van der Waals surface area contributed by atoms with Gasteiger partial charge < -0.3 is 10.1 Å². The number of aromatic nitrogens is 3. The first-order chi connectivity index (χ1) is 14.7. The molecule has 1 aliphatic heterocycles. The van der Waals surface area contributed by atoms with E-state index in [0.717, 1.165) is 29.9 Å². The second-order valence-electron chi connectivity index (χ2n) is 7.38. The van der Waals surface area contributed by atoms with Crippen LogP contribution in [0.4, 0.5) is 10.3 Å². The molecule has 0 saturated carbocycles. The van der Waals surface area contributed by atoms with Crippen LogP contribution in [0.15, 0.2) is 59.8 Å². The lowest BCUT2D eigenvalue weighted by molar-refractivity contribution is -0.116. The number of ketones is 1. The number of nitrogens with one attached hydrogen (secondary N) is 1. The van der Waals surface area contributed by atoms with Crippen LogP contribution in [-0.2, 0) is 4.79 Å². The van der Waals surface area contributed by atoms with Crippen molar-refractivity contribution < 1.29 is 13.9 Å². The summed E-state index contributed by atoms with van der Waals surface area (Å²) in [6, 6.07) is 13.7. The van der Waals surface area contributed by atoms with Crippen molar-refractivity contribution in [2.45, 2.75) is 32.2 Å². The number of nitrogens with zero attached hydrogens (tertiary/aromatic N) is 3. The SMILES string of the molecule is CCOc1ccc(C2C3=C(CCCC3=O)Nc3nc(-c4ccccc4F)nn32)cc1. The van der Waals surface area contributed by atoms with Gasteiger partial charge in [-0.25, -0.2) is 9.07 Å². The van der Waals surface area contributed by atoms with Gasteiger partial charge in [-0.15, -0.1) is 5.10 Å². The Bertz CT molecular complexity index is 1150. The molecule has 0 spiro atoms. The molecule has 3 aromatic rings. The molecule has 0 amide bonds. The predicted octanol–water partition coefficient (Wildman–Crippen LogP) is 4.50. The van der Waals surface area contributed by atoms with Crippen molar-refractivity contribution in [1.82, 2.24) is 14.8 Å². The molecule has 1 aliphatic carbocycles. The first-order valence-electron chi connectivity index (χ1n) is 10.1. The van der Waals surface area contributed by atoms with Crippen molar-refractivity contribution in [3.8, 4) is 17.1 Å². The summed E-state index contributed by atoms with van der Waals surface area (Å²) in [4.78, 5) is 17.4. The fraction of sp³-hybridized carbons (Fsp3) is 0.261. The first-order valence-corrected chi connectivity index (χ1v) is 10.1. The highest BCUT2D eigenvalue weighted by atomic mass is 19.1. The minimum Gasteiger partial charge on any atom is -0.494 e. The van der Waals surface area contributed by atoms with Crippen LogP contribution in [-0.4, -0.2) is 27.2 Å². The molecular formula is C23H21FN4O2. The number of carbonyl (C=O) groups is 1. The zero-order valence-corrected chi connectivity index (χ0v) is 16.6. The lowest BCUT2D eigenvalue weighted by Crippen LogP contribution is -2.31. The quantitative estimate of drug-likeness (QED) is 0.693. The third kappa shape index (κ3) is 3.07. The van der Waals surface area contributed by atoms with Gasteiger partial charge in [0.15, 0.2) is 11.6 Å². The van der Waals surface area contributed by atoms with Crippen molar-refractivity contribution >= 4 is 11.7 Å². The Kier molecular flexibility index (Phi) is 4.58. The van der Waals surface area contributed by atoms with Gasteiger partial charge >= 0.3 is 0 Å². The van der Waals surface area contributed by atoms with Crippen LogP contribution in [0.25, 0.3) is 11.4 Å². The summed E-state index contributed by atoms with van der Waals surface area (Å²) in [5.74, 6) is 1.30. The van der Waals surface area contributed by atoms with E-state index in [0.29, 0.717) is 35.9 Å². The van der Waals surface area contributed by atoms with E-state index in [-0.39, 0.29) is 11.6 Å². The van der Waals surface area contributed by atoms with E-state index in [9.17, 15) is 9.18 Å². The molecule has 0 fully saturated rings. The van der Waals surface area contributed by atoms with Crippen LogP contribution in [0.5, 0.6) is 5.75 Å². The van der Waals surface area contributed by atoms with Crippen LogP contribution in [0, 0.1) is 5.82 Å². The summed E-state index contributed by atoms with van der Waals surface area (Å²) < 4.78 is 21.6. The summed E-state index contributed by atoms with van der Waals surface area (Å²) in [6.07, 6.45) is 2.09. The Morgan fingerprint density at radius 1 is 1.17 bits per heavy atom. The number of fused-ring (bicyclic) bond motifs is 1. The van der Waals surface area contributed by atoms with E-state index in [1.165, 1.54) is 6.07 Å². The highest BCUT2D eigenvalue weighted by Crippen LogP contribution is 2.41. The van der Waals surface area contributed by atoms with Crippen molar-refractivity contribution in [3.05, 3.63) is 71.2 Å². The molecule has 1 aromatic heterocycles. The number of Topliss-reactive ketones (excluding diaryl/α,β-unsaturated/α-hetero) is 1. The fourth-order valence-corrected chi connectivity index (χ4v) is 4.13. The van der Waals surface area contributed by atoms with E-state index in [2.05, 4.69) is 15.4 Å². The van der Waals surface area contributed by atoms with Crippen LogP contribution in [0.3, 0.4) is 0 Å². The van der Waals surface area contributed by atoms with Gasteiger partial charge in [0, 0.05) is 17.7 Å². The lowest BCUT2D eigenvalue weighted by Gasteiger charge is -2.32. The van der Waals surface area contributed by atoms with Gasteiger partial charge in [0.05, 0.1) is 12.2 Å². The highest BCUT2D eigenvalue weighted by Gasteiger charge is 2.37. The molecule has 30 heavy (non-hydrogen) atoms. The number of hydrogen-bond acceptors (Lipinski definition) is 5. The molecule has 7 heteroatoms. The smallest absolute Gasteiger partial charge is 0.226 e. The predicted molar refractivity (Wildman–Crippen MR) is 111 cm³/mol. The second kappa shape index (κ2) is 7.40. The third-order valence-corrected chi connectivity index (χ3v) is 5.49. The maximum Gasteiger partial charge on any atom is 0.226 e. The molecular weight excluding hydrogens is 383 g/mol. The van der Waals surface area contributed by atoms with Crippen LogP contribution in [0.2, 0.25) is 0 Å². The molecule has 0 radical (unpaired) electrons. The van der Waals surface area contributed by atoms with E-state index >= 15 is 0 Å². The fourth-order valence-electron chi connectivity index (χ4n) is 4.13. The number of halogens is 1. The molecule has 0 bridgehead atoms. The van der Waals surface area contributed by atoms with Crippen LogP contribution in [0.1, 0.15) is 37.8 Å². The normalized spacial score (nSPS) is 17.9. The van der Waals surface area contributed by atoms with Crippen molar-refractivity contribution in [2.24, 2.45) is 0 Å². The summed E-state index contributed by atoms with van der Waals surface area (Å²) in [6.45, 7) is 2.52. The average Bonchev–Trinajstić information content (AvgIpc) is 3.17. The zero-order chi connectivity index (χ0) is 20.7. The Labute approximate surface area is 173 Å². The highest BCUT2D eigenvalue weighted by molar-refractivity contribution is 5.99. The molecule has 0 saturated heterocycles. The summed E-state index contributed by atoms with van der Waals surface area (Å²) in [5, 5.41) is 7.88. The second-order valence-corrected chi connectivity index (χ2v) is 7.38. The summed E-state index contributed by atoms with van der Waals surface area (Å²) >= 11 is 0. The molecule has 1 N–H and O–H groups in total. The van der Waals surface area contributed by atoms with Gasteiger partial charge in [-0.2, -0.15) is 4.98 Å². The number of benzene rings is 2. The number of hydrogen-bond donors (Lipinski definition) is 1. The average molecular weight is 404 g/mol. The Morgan fingerprint density at radius 2 is 1.97 bits per heavy atom. The van der Waals surface area contributed by atoms with Gasteiger partial charge in [-0.05, 0) is 49.6 Å². The number of anilines is 1. The Balaban J connectivity index is 1.64. The number of ether oxygens (including phenoxy) is 1. The first kappa shape index (κ1) is 18.5. The summed E-state index contributed by atoms with van der Waals surface area (Å²) in [7, 11) is 0. The minimum atomic E-state index is -0.409. The van der Waals surface area contributed by atoms with Gasteiger partial charge in [0.25, 0.3) is 0 Å². The third-order valence-electron chi connectivity index (χ3n) is 5.49. The number of carbonyl (C=O) groups excluding carboxylic acids is 1. The largest absolute Gasteiger partial charge is 0.494 e. The number of allylic oxidation sites excluding steroid dienone is 2. The van der Waals surface area contributed by atoms with Crippen LogP contribution < -0.4 is 10.1 Å². The molecule has 2 aliphatic rings. The number of rotatable bonds is 4. The van der Waals surface area contributed by atoms with E-state index in [1.54, 1.807) is 22.9 Å². The van der Waals surface area contributed by atoms with Gasteiger partial charge in [0.2, 0.25) is 5.95 Å². The van der Waals surface area contributed by atoms with E-state index in [1.807, 2.05) is 31.2 Å². The van der Waals surface area contributed by atoms with E-state index < -0.39 is 6.04 Å². The standard InChI is InChI=1S/C23H21FN4O2/c1-2-30-15-12-10-14(11-13-15)21-20-18(8-5-9-19(20)29)25-23-26-22(27-28(21)23)16-6-3-4-7-17(16)24/h3-4,6-7,10-13,21H,2,5,8-9H2,1H3,(H,25,26,27).